The van der Waals surface area contributed by atoms with Crippen molar-refractivity contribution >= 4 is 17.3 Å². The van der Waals surface area contributed by atoms with E-state index in [1.54, 1.807) is 4.90 Å². The molecule has 3 rings (SSSR count). The van der Waals surface area contributed by atoms with Crippen LogP contribution in [0.4, 0.5) is 15.8 Å². The Morgan fingerprint density at radius 1 is 1.39 bits per heavy atom. The topological polar surface area (TPSA) is 111 Å². The summed E-state index contributed by atoms with van der Waals surface area (Å²) in [5.74, 6) is -0.329. The lowest BCUT2D eigenvalue weighted by molar-refractivity contribution is -0.385. The first-order valence-electron chi connectivity index (χ1n) is 9.58. The quantitative estimate of drug-likeness (QED) is 0.547. The summed E-state index contributed by atoms with van der Waals surface area (Å²) >= 11 is 0. The number of non-ortho nitro benzene ring substituents is 1. The van der Waals surface area contributed by atoms with Crippen molar-refractivity contribution in [1.82, 2.24) is 10.2 Å². The van der Waals surface area contributed by atoms with Gasteiger partial charge in [-0.3, -0.25) is 14.9 Å². The van der Waals surface area contributed by atoms with E-state index in [2.05, 4.69) is 16.7 Å². The standard InChI is InChI=1S/C19H24FN5O3/c20-17-9-15(25(27)28)5-6-18(17)23-11-13-3-4-14(8-13)22-12-19(26)24-7-1-2-16(24)10-21/h5-6,9,13-14,16,22-23H,1-4,7-8,11-12H2/t13-,14-,16+/m1/s1. The number of carbonyl (C=O) groups is 1. The number of rotatable bonds is 7. The number of anilines is 1. The molecule has 28 heavy (non-hydrogen) atoms. The normalized spacial score (nSPS) is 24.1. The number of nitrogens with zero attached hydrogens (tertiary/aromatic N) is 3. The molecule has 150 valence electrons. The molecule has 0 unspecified atom stereocenters. The maximum Gasteiger partial charge on any atom is 0.272 e. The van der Waals surface area contributed by atoms with Crippen LogP contribution in [0.1, 0.15) is 32.1 Å². The van der Waals surface area contributed by atoms with Crippen LogP contribution in [0, 0.1) is 33.2 Å². The van der Waals surface area contributed by atoms with Crippen molar-refractivity contribution in [3.05, 3.63) is 34.1 Å². The van der Waals surface area contributed by atoms with E-state index < -0.39 is 10.7 Å². The molecule has 0 spiro atoms. The Balaban J connectivity index is 1.41. The molecule has 9 heteroatoms. The van der Waals surface area contributed by atoms with E-state index in [0.717, 1.165) is 38.2 Å². The number of benzene rings is 1. The largest absolute Gasteiger partial charge is 0.382 e. The van der Waals surface area contributed by atoms with E-state index in [9.17, 15) is 19.3 Å². The number of halogens is 1. The fourth-order valence-electron chi connectivity index (χ4n) is 3.99. The molecule has 1 aliphatic heterocycles. The monoisotopic (exact) mass is 389 g/mol. The first-order valence-corrected chi connectivity index (χ1v) is 9.58. The summed E-state index contributed by atoms with van der Waals surface area (Å²) in [7, 11) is 0. The average Bonchev–Trinajstić information content (AvgIpc) is 3.34. The number of nitriles is 1. The Morgan fingerprint density at radius 2 is 2.21 bits per heavy atom. The summed E-state index contributed by atoms with van der Waals surface area (Å²) in [6, 6.07) is 5.69. The molecule has 0 aromatic heterocycles. The van der Waals surface area contributed by atoms with Gasteiger partial charge in [-0.25, -0.2) is 4.39 Å². The molecule has 1 aromatic carbocycles. The van der Waals surface area contributed by atoms with Crippen molar-refractivity contribution in [2.24, 2.45) is 5.92 Å². The zero-order chi connectivity index (χ0) is 20.1. The van der Waals surface area contributed by atoms with Crippen LogP contribution >= 0.6 is 0 Å². The van der Waals surface area contributed by atoms with Crippen molar-refractivity contribution in [3.8, 4) is 6.07 Å². The molecule has 1 amide bonds. The molecule has 1 saturated carbocycles. The number of amides is 1. The van der Waals surface area contributed by atoms with Gasteiger partial charge in [-0.2, -0.15) is 5.26 Å². The molecule has 8 nitrogen and oxygen atoms in total. The molecular weight excluding hydrogens is 365 g/mol. The number of nitrogens with one attached hydrogen (secondary N) is 2. The van der Waals surface area contributed by atoms with Gasteiger partial charge in [-0.1, -0.05) is 0 Å². The number of nitro groups is 1. The maximum atomic E-state index is 13.9. The van der Waals surface area contributed by atoms with Crippen LogP contribution in [0.25, 0.3) is 0 Å². The minimum absolute atomic E-state index is 0.0291. The highest BCUT2D eigenvalue weighted by Crippen LogP contribution is 2.27. The van der Waals surface area contributed by atoms with Gasteiger partial charge in [0.2, 0.25) is 5.91 Å². The lowest BCUT2D eigenvalue weighted by Crippen LogP contribution is -2.43. The van der Waals surface area contributed by atoms with Gasteiger partial charge in [0, 0.05) is 25.2 Å². The van der Waals surface area contributed by atoms with Crippen LogP contribution in [-0.4, -0.2) is 47.4 Å². The molecule has 2 N–H and O–H groups in total. The van der Waals surface area contributed by atoms with E-state index in [-0.39, 0.29) is 35.9 Å². The Kier molecular flexibility index (Phi) is 6.41. The summed E-state index contributed by atoms with van der Waals surface area (Å²) < 4.78 is 13.9. The van der Waals surface area contributed by atoms with Gasteiger partial charge < -0.3 is 15.5 Å². The van der Waals surface area contributed by atoms with Gasteiger partial charge in [-0.05, 0) is 44.1 Å². The third-order valence-electron chi connectivity index (χ3n) is 5.55. The highest BCUT2D eigenvalue weighted by molar-refractivity contribution is 5.79. The molecule has 0 radical (unpaired) electrons. The van der Waals surface area contributed by atoms with Gasteiger partial charge in [0.25, 0.3) is 5.69 Å². The number of likely N-dealkylation sites (tertiary alicyclic amines) is 1. The second-order valence-electron chi connectivity index (χ2n) is 7.43. The fourth-order valence-corrected chi connectivity index (χ4v) is 3.99. The number of hydrogen-bond acceptors (Lipinski definition) is 6. The second kappa shape index (κ2) is 8.97. The minimum atomic E-state index is -0.634. The molecule has 2 aliphatic rings. The van der Waals surface area contributed by atoms with E-state index in [0.29, 0.717) is 19.0 Å². The van der Waals surface area contributed by atoms with E-state index in [1.807, 2.05) is 0 Å². The van der Waals surface area contributed by atoms with E-state index in [4.69, 9.17) is 5.26 Å². The van der Waals surface area contributed by atoms with Crippen LogP contribution in [0.5, 0.6) is 0 Å². The van der Waals surface area contributed by atoms with Crippen molar-refractivity contribution in [2.75, 3.05) is 25.0 Å². The van der Waals surface area contributed by atoms with Gasteiger partial charge >= 0.3 is 0 Å². The fraction of sp³-hybridized carbons (Fsp3) is 0.579. The van der Waals surface area contributed by atoms with Crippen molar-refractivity contribution in [2.45, 2.75) is 44.2 Å². The summed E-state index contributed by atoms with van der Waals surface area (Å²) in [5.41, 5.74) is -0.0109. The maximum absolute atomic E-state index is 13.9. The highest BCUT2D eigenvalue weighted by atomic mass is 19.1. The van der Waals surface area contributed by atoms with Gasteiger partial charge in [-0.15, -0.1) is 0 Å². The van der Waals surface area contributed by atoms with E-state index >= 15 is 0 Å². The number of carbonyl (C=O) groups excluding carboxylic acids is 1. The predicted molar refractivity (Wildman–Crippen MR) is 101 cm³/mol. The lowest BCUT2D eigenvalue weighted by atomic mass is 10.1. The van der Waals surface area contributed by atoms with Crippen LogP contribution in [0.15, 0.2) is 18.2 Å². The van der Waals surface area contributed by atoms with Gasteiger partial charge in [0.15, 0.2) is 5.82 Å². The number of nitro benzene ring substituents is 1. The molecule has 1 aliphatic carbocycles. The highest BCUT2D eigenvalue weighted by Gasteiger charge is 2.30. The van der Waals surface area contributed by atoms with Crippen molar-refractivity contribution < 1.29 is 14.1 Å². The first-order chi connectivity index (χ1) is 13.5. The van der Waals surface area contributed by atoms with Crippen LogP contribution < -0.4 is 10.6 Å². The smallest absolute Gasteiger partial charge is 0.272 e. The molecule has 1 heterocycles. The third kappa shape index (κ3) is 4.75. The Bertz CT molecular complexity index is 781. The van der Waals surface area contributed by atoms with Crippen LogP contribution in [0.3, 0.4) is 0 Å². The lowest BCUT2D eigenvalue weighted by Gasteiger charge is -2.21. The predicted octanol–water partition coefficient (Wildman–Crippen LogP) is 2.42. The van der Waals surface area contributed by atoms with Crippen LogP contribution in [-0.2, 0) is 4.79 Å². The second-order valence-corrected chi connectivity index (χ2v) is 7.43. The average molecular weight is 389 g/mol. The summed E-state index contributed by atoms with van der Waals surface area (Å²) in [4.78, 5) is 24.0. The SMILES string of the molecule is N#C[C@@H]1CCCN1C(=O)CN[C@@H]1CC[C@@H](CNc2ccc([N+](=O)[O-])cc2F)C1. The molecule has 2 fully saturated rings. The Hall–Kier alpha value is -2.73. The summed E-state index contributed by atoms with van der Waals surface area (Å²) in [6.45, 7) is 1.46. The third-order valence-corrected chi connectivity index (χ3v) is 5.55. The summed E-state index contributed by atoms with van der Waals surface area (Å²) in [6.07, 6.45) is 4.39. The van der Waals surface area contributed by atoms with Crippen molar-refractivity contribution in [3.63, 3.8) is 0 Å². The van der Waals surface area contributed by atoms with E-state index in [1.165, 1.54) is 12.1 Å². The molecule has 3 atom stereocenters. The Labute approximate surface area is 162 Å². The zero-order valence-electron chi connectivity index (χ0n) is 15.6. The van der Waals surface area contributed by atoms with Gasteiger partial charge in [0.05, 0.1) is 29.3 Å². The van der Waals surface area contributed by atoms with Gasteiger partial charge in [0.1, 0.15) is 6.04 Å². The Morgan fingerprint density at radius 3 is 2.93 bits per heavy atom. The summed E-state index contributed by atoms with van der Waals surface area (Å²) in [5, 5.41) is 26.1. The molecule has 1 aromatic rings. The zero-order valence-corrected chi connectivity index (χ0v) is 15.6. The molecule has 0 bridgehead atoms. The number of hydrogen-bond donors (Lipinski definition) is 2. The van der Waals surface area contributed by atoms with Crippen LogP contribution in [0.2, 0.25) is 0 Å². The first kappa shape index (κ1) is 20.0. The molecule has 1 saturated heterocycles. The van der Waals surface area contributed by atoms with Crippen molar-refractivity contribution in [1.29, 1.82) is 5.26 Å². The minimum Gasteiger partial charge on any atom is -0.382 e. The molecular formula is C19H24FN5O3.